The monoisotopic (exact) mass is 327 g/mol. The van der Waals surface area contributed by atoms with Crippen LogP contribution in [-0.4, -0.2) is 55.8 Å². The number of aryl methyl sites for hydroxylation is 3. The van der Waals surface area contributed by atoms with E-state index >= 15 is 0 Å². The molecule has 0 atom stereocenters. The molecule has 126 valence electrons. The van der Waals surface area contributed by atoms with Crippen LogP contribution in [0.5, 0.6) is 0 Å². The lowest BCUT2D eigenvalue weighted by Crippen LogP contribution is -2.46. The Morgan fingerprint density at radius 2 is 1.83 bits per heavy atom. The van der Waals surface area contributed by atoms with Gasteiger partial charge in [-0.2, -0.15) is 4.98 Å². The van der Waals surface area contributed by atoms with Crippen molar-refractivity contribution in [3.63, 3.8) is 0 Å². The lowest BCUT2D eigenvalue weighted by molar-refractivity contribution is 0.239. The van der Waals surface area contributed by atoms with Gasteiger partial charge in [-0.15, -0.1) is 5.10 Å². The Morgan fingerprint density at radius 1 is 1.04 bits per heavy atom. The van der Waals surface area contributed by atoms with Crippen molar-refractivity contribution < 1.29 is 4.52 Å². The largest absolute Gasteiger partial charge is 0.353 e. The first kappa shape index (κ1) is 15.1. The molecule has 0 saturated carbocycles. The van der Waals surface area contributed by atoms with Gasteiger partial charge in [0.05, 0.1) is 17.9 Å². The highest BCUT2D eigenvalue weighted by Gasteiger charge is 2.20. The predicted octanol–water partition coefficient (Wildman–Crippen LogP) is 1.36. The molecule has 0 amide bonds. The van der Waals surface area contributed by atoms with E-state index in [4.69, 9.17) is 9.62 Å². The smallest absolute Gasteiger partial charge is 0.223 e. The van der Waals surface area contributed by atoms with Gasteiger partial charge in [-0.25, -0.2) is 9.50 Å². The molecule has 1 aliphatic heterocycles. The molecular weight excluding hydrogens is 306 g/mol. The molecule has 8 heteroatoms. The van der Waals surface area contributed by atoms with Gasteiger partial charge in [-0.3, -0.25) is 4.90 Å². The maximum absolute atomic E-state index is 5.03. The molecule has 0 bridgehead atoms. The van der Waals surface area contributed by atoms with Gasteiger partial charge in [0.25, 0.3) is 0 Å². The molecule has 0 aromatic carbocycles. The molecule has 0 radical (unpaired) electrons. The first-order chi connectivity index (χ1) is 11.6. The molecule has 0 aliphatic carbocycles. The highest BCUT2D eigenvalue weighted by Crippen LogP contribution is 2.17. The van der Waals surface area contributed by atoms with E-state index in [9.17, 15) is 0 Å². The van der Waals surface area contributed by atoms with Crippen molar-refractivity contribution in [1.82, 2.24) is 29.6 Å². The van der Waals surface area contributed by atoms with Crippen molar-refractivity contribution >= 4 is 11.5 Å². The van der Waals surface area contributed by atoms with E-state index in [1.165, 1.54) is 0 Å². The summed E-state index contributed by atoms with van der Waals surface area (Å²) in [4.78, 5) is 13.4. The standard InChI is InChI=1S/C16H21N7O/c1-11-12(2)23-15(17-11)4-5-16(19-23)22-8-6-21(7-9-22)10-14-18-13(3)24-20-14/h4-5H,6-10H2,1-3H3. The number of piperazine rings is 1. The van der Waals surface area contributed by atoms with E-state index in [-0.39, 0.29) is 0 Å². The molecule has 3 aromatic rings. The lowest BCUT2D eigenvalue weighted by Gasteiger charge is -2.34. The molecule has 0 unspecified atom stereocenters. The van der Waals surface area contributed by atoms with Crippen molar-refractivity contribution in [2.45, 2.75) is 27.3 Å². The average molecular weight is 327 g/mol. The third-order valence-electron chi connectivity index (χ3n) is 4.56. The summed E-state index contributed by atoms with van der Waals surface area (Å²) < 4.78 is 6.96. The van der Waals surface area contributed by atoms with Crippen LogP contribution < -0.4 is 4.90 Å². The Balaban J connectivity index is 1.44. The zero-order valence-electron chi connectivity index (χ0n) is 14.2. The van der Waals surface area contributed by atoms with Crippen LogP contribution in [0.2, 0.25) is 0 Å². The summed E-state index contributed by atoms with van der Waals surface area (Å²) in [7, 11) is 0. The maximum atomic E-state index is 5.03. The van der Waals surface area contributed by atoms with E-state index in [1.54, 1.807) is 0 Å². The van der Waals surface area contributed by atoms with Crippen LogP contribution in [-0.2, 0) is 6.54 Å². The van der Waals surface area contributed by atoms with Gasteiger partial charge in [-0.1, -0.05) is 5.16 Å². The number of hydrogen-bond acceptors (Lipinski definition) is 7. The number of hydrogen-bond donors (Lipinski definition) is 0. The second-order valence-electron chi connectivity index (χ2n) is 6.24. The van der Waals surface area contributed by atoms with Crippen LogP contribution in [0.25, 0.3) is 5.65 Å². The molecule has 1 saturated heterocycles. The Bertz CT molecular complexity index is 861. The SMILES string of the molecule is Cc1nc(CN2CCN(c3ccc4nc(C)c(C)n4n3)CC2)no1. The summed E-state index contributed by atoms with van der Waals surface area (Å²) in [5.41, 5.74) is 3.03. The molecule has 3 aromatic heterocycles. The fourth-order valence-electron chi connectivity index (χ4n) is 3.05. The summed E-state index contributed by atoms with van der Waals surface area (Å²) >= 11 is 0. The van der Waals surface area contributed by atoms with Crippen molar-refractivity contribution in [2.75, 3.05) is 31.1 Å². The zero-order chi connectivity index (χ0) is 16.7. The molecule has 24 heavy (non-hydrogen) atoms. The fourth-order valence-corrected chi connectivity index (χ4v) is 3.05. The molecule has 0 spiro atoms. The Hall–Kier alpha value is -2.48. The number of anilines is 1. The van der Waals surface area contributed by atoms with Crippen LogP contribution >= 0.6 is 0 Å². The molecule has 1 aliphatic rings. The van der Waals surface area contributed by atoms with E-state index < -0.39 is 0 Å². The maximum Gasteiger partial charge on any atom is 0.223 e. The third-order valence-corrected chi connectivity index (χ3v) is 4.56. The van der Waals surface area contributed by atoms with E-state index in [2.05, 4.69) is 37.9 Å². The highest BCUT2D eigenvalue weighted by molar-refractivity contribution is 5.48. The number of imidazole rings is 1. The first-order valence-corrected chi connectivity index (χ1v) is 8.19. The second-order valence-corrected chi connectivity index (χ2v) is 6.24. The Morgan fingerprint density at radius 3 is 2.54 bits per heavy atom. The van der Waals surface area contributed by atoms with Gasteiger partial charge in [0.2, 0.25) is 5.89 Å². The van der Waals surface area contributed by atoms with Crippen LogP contribution in [0.15, 0.2) is 16.7 Å². The number of nitrogens with zero attached hydrogens (tertiary/aromatic N) is 7. The second kappa shape index (κ2) is 5.86. The minimum absolute atomic E-state index is 0.618. The fraction of sp³-hybridized carbons (Fsp3) is 0.500. The molecular formula is C16H21N7O. The van der Waals surface area contributed by atoms with Crippen molar-refractivity contribution in [3.8, 4) is 0 Å². The minimum Gasteiger partial charge on any atom is -0.353 e. The zero-order valence-corrected chi connectivity index (χ0v) is 14.2. The Labute approximate surface area is 140 Å². The number of fused-ring (bicyclic) bond motifs is 1. The van der Waals surface area contributed by atoms with E-state index in [1.807, 2.05) is 24.4 Å². The Kier molecular flexibility index (Phi) is 3.68. The molecule has 8 nitrogen and oxygen atoms in total. The summed E-state index contributed by atoms with van der Waals surface area (Å²) in [6.45, 7) is 10.4. The van der Waals surface area contributed by atoms with Crippen molar-refractivity contribution in [2.24, 2.45) is 0 Å². The molecule has 4 rings (SSSR count). The van der Waals surface area contributed by atoms with Crippen LogP contribution in [0.4, 0.5) is 5.82 Å². The van der Waals surface area contributed by atoms with Gasteiger partial charge < -0.3 is 9.42 Å². The molecule has 1 fully saturated rings. The number of rotatable bonds is 3. The van der Waals surface area contributed by atoms with Gasteiger partial charge in [0.15, 0.2) is 11.5 Å². The van der Waals surface area contributed by atoms with Gasteiger partial charge >= 0.3 is 0 Å². The third kappa shape index (κ3) is 2.73. The summed E-state index contributed by atoms with van der Waals surface area (Å²) in [6, 6.07) is 4.09. The van der Waals surface area contributed by atoms with E-state index in [0.29, 0.717) is 5.89 Å². The highest BCUT2D eigenvalue weighted by atomic mass is 16.5. The molecule has 4 heterocycles. The van der Waals surface area contributed by atoms with Crippen LogP contribution in [0.3, 0.4) is 0 Å². The van der Waals surface area contributed by atoms with Crippen LogP contribution in [0, 0.1) is 20.8 Å². The quantitative estimate of drug-likeness (QED) is 0.719. The van der Waals surface area contributed by atoms with E-state index in [0.717, 1.165) is 61.4 Å². The van der Waals surface area contributed by atoms with Gasteiger partial charge in [-0.05, 0) is 26.0 Å². The minimum atomic E-state index is 0.618. The van der Waals surface area contributed by atoms with Crippen molar-refractivity contribution in [1.29, 1.82) is 0 Å². The molecule has 0 N–H and O–H groups in total. The van der Waals surface area contributed by atoms with Gasteiger partial charge in [0.1, 0.15) is 5.82 Å². The first-order valence-electron chi connectivity index (χ1n) is 8.19. The summed E-state index contributed by atoms with van der Waals surface area (Å²) in [5, 5.41) is 8.72. The normalized spacial score (nSPS) is 16.2. The topological polar surface area (TPSA) is 75.6 Å². The predicted molar refractivity (Wildman–Crippen MR) is 89.0 cm³/mol. The lowest BCUT2D eigenvalue weighted by atomic mass is 10.3. The number of aromatic nitrogens is 5. The van der Waals surface area contributed by atoms with Gasteiger partial charge in [0, 0.05) is 33.1 Å². The summed E-state index contributed by atoms with van der Waals surface area (Å²) in [6.07, 6.45) is 0. The summed E-state index contributed by atoms with van der Waals surface area (Å²) in [5.74, 6) is 2.37. The average Bonchev–Trinajstić information content (AvgIpc) is 3.12. The van der Waals surface area contributed by atoms with Crippen molar-refractivity contribution in [3.05, 3.63) is 35.2 Å². The van der Waals surface area contributed by atoms with Crippen LogP contribution in [0.1, 0.15) is 23.1 Å².